The normalized spacial score (nSPS) is 10.8. The van der Waals surface area contributed by atoms with Gasteiger partial charge in [0.2, 0.25) is 0 Å². The molecule has 0 aliphatic rings. The van der Waals surface area contributed by atoms with E-state index in [1.807, 2.05) is 37.3 Å². The van der Waals surface area contributed by atoms with Gasteiger partial charge in [-0.2, -0.15) is 0 Å². The molecule has 0 aliphatic carbocycles. The lowest BCUT2D eigenvalue weighted by atomic mass is 10.0. The number of carboxylic acid groups (broad SMARTS) is 1. The second kappa shape index (κ2) is 9.15. The molecule has 0 fully saturated rings. The van der Waals surface area contributed by atoms with Gasteiger partial charge >= 0.3 is 5.97 Å². The number of nitrogens with zero attached hydrogens (tertiary/aromatic N) is 3. The van der Waals surface area contributed by atoms with Gasteiger partial charge < -0.3 is 14.4 Å². The van der Waals surface area contributed by atoms with Gasteiger partial charge in [0.1, 0.15) is 10.8 Å². The molecule has 8 heteroatoms. The largest absolute Gasteiger partial charge is 0.497 e. The van der Waals surface area contributed by atoms with E-state index in [-0.39, 0.29) is 23.2 Å². The average Bonchev–Trinajstić information content (AvgIpc) is 3.31. The summed E-state index contributed by atoms with van der Waals surface area (Å²) in [4.78, 5) is 33.7. The minimum Gasteiger partial charge on any atom is -0.497 e. The number of thiazole rings is 1. The molecule has 4 rings (SSSR count). The molecule has 0 unspecified atom stereocenters. The maximum absolute atomic E-state index is 13.3. The minimum atomic E-state index is -1.10. The number of pyridine rings is 2. The fourth-order valence-electron chi connectivity index (χ4n) is 3.47. The number of aromatic carboxylic acids is 1. The predicted molar refractivity (Wildman–Crippen MR) is 123 cm³/mol. The fraction of sp³-hybridized carbons (Fsp3) is 0.167. The first-order chi connectivity index (χ1) is 15.5. The van der Waals surface area contributed by atoms with Crippen molar-refractivity contribution in [1.29, 1.82) is 0 Å². The SMILES string of the molecule is CCc1cc(OC)ccc1Cn1cc(C(=O)O)cc(-c2csc(-c3ccncc3)n2)c1=O. The number of methoxy groups -OCH3 is 1. The van der Waals surface area contributed by atoms with Gasteiger partial charge in [-0.15, -0.1) is 11.3 Å². The lowest BCUT2D eigenvalue weighted by Gasteiger charge is -2.13. The van der Waals surface area contributed by atoms with Crippen LogP contribution in [0.2, 0.25) is 0 Å². The number of carbonyl (C=O) groups is 1. The van der Waals surface area contributed by atoms with Crippen LogP contribution < -0.4 is 10.3 Å². The van der Waals surface area contributed by atoms with Crippen LogP contribution >= 0.6 is 11.3 Å². The summed E-state index contributed by atoms with van der Waals surface area (Å²) in [6.45, 7) is 2.28. The van der Waals surface area contributed by atoms with E-state index >= 15 is 0 Å². The Hall–Kier alpha value is -3.78. The molecule has 0 amide bonds. The maximum Gasteiger partial charge on any atom is 0.337 e. The molecule has 0 radical (unpaired) electrons. The molecular formula is C24H21N3O4S. The Bertz CT molecular complexity index is 1330. The number of benzene rings is 1. The molecule has 3 aromatic heterocycles. The van der Waals surface area contributed by atoms with Crippen molar-refractivity contribution in [3.8, 4) is 27.6 Å². The smallest absolute Gasteiger partial charge is 0.337 e. The highest BCUT2D eigenvalue weighted by molar-refractivity contribution is 7.13. The van der Waals surface area contributed by atoms with Crippen LogP contribution in [0.15, 0.2) is 65.2 Å². The van der Waals surface area contributed by atoms with Gasteiger partial charge in [0.25, 0.3) is 5.56 Å². The van der Waals surface area contributed by atoms with Crippen molar-refractivity contribution in [3.05, 3.63) is 87.4 Å². The Kier molecular flexibility index (Phi) is 6.13. The fourth-order valence-corrected chi connectivity index (χ4v) is 4.30. The number of hydrogen-bond donors (Lipinski definition) is 1. The molecule has 4 aromatic rings. The highest BCUT2D eigenvalue weighted by atomic mass is 32.1. The number of aromatic nitrogens is 3. The van der Waals surface area contributed by atoms with Gasteiger partial charge in [-0.3, -0.25) is 9.78 Å². The van der Waals surface area contributed by atoms with Crippen molar-refractivity contribution in [2.75, 3.05) is 7.11 Å². The van der Waals surface area contributed by atoms with Crippen molar-refractivity contribution in [2.24, 2.45) is 0 Å². The van der Waals surface area contributed by atoms with Gasteiger partial charge in [-0.1, -0.05) is 13.0 Å². The van der Waals surface area contributed by atoms with Crippen LogP contribution in [0.5, 0.6) is 5.75 Å². The van der Waals surface area contributed by atoms with Gasteiger partial charge in [0.05, 0.1) is 30.5 Å². The third-order valence-electron chi connectivity index (χ3n) is 5.18. The van der Waals surface area contributed by atoms with E-state index in [0.717, 1.165) is 33.9 Å². The van der Waals surface area contributed by atoms with Gasteiger partial charge in [0, 0.05) is 29.5 Å². The summed E-state index contributed by atoms with van der Waals surface area (Å²) in [7, 11) is 1.61. The van der Waals surface area contributed by atoms with Crippen LogP contribution in [0, 0.1) is 0 Å². The van der Waals surface area contributed by atoms with Crippen LogP contribution in [-0.4, -0.2) is 32.7 Å². The number of rotatable bonds is 7. The Morgan fingerprint density at radius 1 is 1.16 bits per heavy atom. The molecule has 7 nitrogen and oxygen atoms in total. The third-order valence-corrected chi connectivity index (χ3v) is 6.07. The van der Waals surface area contributed by atoms with Crippen molar-refractivity contribution >= 4 is 17.3 Å². The topological polar surface area (TPSA) is 94.3 Å². The Morgan fingerprint density at radius 3 is 2.62 bits per heavy atom. The predicted octanol–water partition coefficient (Wildman–Crippen LogP) is 4.35. The summed E-state index contributed by atoms with van der Waals surface area (Å²) in [5.41, 5.74) is 3.30. The van der Waals surface area contributed by atoms with Crippen LogP contribution in [-0.2, 0) is 13.0 Å². The second-order valence-corrected chi connectivity index (χ2v) is 8.00. The number of carboxylic acids is 1. The van der Waals surface area contributed by atoms with E-state index in [2.05, 4.69) is 9.97 Å². The zero-order chi connectivity index (χ0) is 22.7. The van der Waals surface area contributed by atoms with Crippen molar-refractivity contribution in [3.63, 3.8) is 0 Å². The second-order valence-electron chi connectivity index (χ2n) is 7.14. The standard InChI is InChI=1S/C24H21N3O4S/c1-3-15-10-19(31-2)5-4-17(15)12-27-13-18(24(29)30)11-20(23(27)28)21-14-32-22(26-21)16-6-8-25-9-7-16/h4-11,13-14H,3,12H2,1-2H3,(H,29,30). The van der Waals surface area contributed by atoms with Crippen molar-refractivity contribution in [2.45, 2.75) is 19.9 Å². The van der Waals surface area contributed by atoms with Crippen LogP contribution in [0.3, 0.4) is 0 Å². The first-order valence-corrected chi connectivity index (χ1v) is 10.9. The Balaban J connectivity index is 1.79. The molecule has 32 heavy (non-hydrogen) atoms. The van der Waals surface area contributed by atoms with Crippen LogP contribution in [0.4, 0.5) is 0 Å². The summed E-state index contributed by atoms with van der Waals surface area (Å²) in [6, 6.07) is 10.7. The molecule has 0 aliphatic heterocycles. The summed E-state index contributed by atoms with van der Waals surface area (Å²) in [5.74, 6) is -0.362. The van der Waals surface area contributed by atoms with Crippen molar-refractivity contribution < 1.29 is 14.6 Å². The maximum atomic E-state index is 13.3. The molecule has 0 bridgehead atoms. The summed E-state index contributed by atoms with van der Waals surface area (Å²) >= 11 is 1.39. The number of hydrogen-bond acceptors (Lipinski definition) is 6. The van der Waals surface area contributed by atoms with Crippen LogP contribution in [0.25, 0.3) is 21.8 Å². The van der Waals surface area contributed by atoms with Gasteiger partial charge in [-0.05, 0) is 47.9 Å². The van der Waals surface area contributed by atoms with E-state index in [1.165, 1.54) is 28.2 Å². The first-order valence-electron chi connectivity index (χ1n) is 10.00. The van der Waals surface area contributed by atoms with E-state index in [0.29, 0.717) is 5.69 Å². The first kappa shape index (κ1) is 21.5. The highest BCUT2D eigenvalue weighted by Gasteiger charge is 2.17. The lowest BCUT2D eigenvalue weighted by Crippen LogP contribution is -2.24. The summed E-state index contributed by atoms with van der Waals surface area (Å²) in [6.07, 6.45) is 5.49. The zero-order valence-electron chi connectivity index (χ0n) is 17.6. The minimum absolute atomic E-state index is 0.0321. The Morgan fingerprint density at radius 2 is 1.94 bits per heavy atom. The van der Waals surface area contributed by atoms with E-state index in [9.17, 15) is 14.7 Å². The average molecular weight is 448 g/mol. The third kappa shape index (κ3) is 4.31. The van der Waals surface area contributed by atoms with Crippen LogP contribution in [0.1, 0.15) is 28.4 Å². The monoisotopic (exact) mass is 447 g/mol. The van der Waals surface area contributed by atoms with Crippen molar-refractivity contribution in [1.82, 2.24) is 14.5 Å². The quantitative estimate of drug-likeness (QED) is 0.453. The summed E-state index contributed by atoms with van der Waals surface area (Å²) in [5, 5.41) is 12.1. The highest BCUT2D eigenvalue weighted by Crippen LogP contribution is 2.28. The molecule has 1 N–H and O–H groups in total. The molecule has 0 saturated carbocycles. The molecular weight excluding hydrogens is 426 g/mol. The summed E-state index contributed by atoms with van der Waals surface area (Å²) < 4.78 is 6.73. The molecule has 0 spiro atoms. The molecule has 0 saturated heterocycles. The number of aryl methyl sites for hydroxylation is 1. The number of ether oxygens (including phenoxy) is 1. The molecule has 3 heterocycles. The van der Waals surface area contributed by atoms with E-state index < -0.39 is 5.97 Å². The van der Waals surface area contributed by atoms with Gasteiger partial charge in [-0.25, -0.2) is 9.78 Å². The Labute approximate surface area is 188 Å². The lowest BCUT2D eigenvalue weighted by molar-refractivity contribution is 0.0696. The van der Waals surface area contributed by atoms with E-state index in [4.69, 9.17) is 4.74 Å². The molecule has 162 valence electrons. The van der Waals surface area contributed by atoms with E-state index in [1.54, 1.807) is 24.9 Å². The molecule has 0 atom stereocenters. The van der Waals surface area contributed by atoms with Gasteiger partial charge in [0.15, 0.2) is 0 Å². The molecule has 1 aromatic carbocycles. The zero-order valence-corrected chi connectivity index (χ0v) is 18.4.